The van der Waals surface area contributed by atoms with Gasteiger partial charge in [0.15, 0.2) is 5.82 Å². The van der Waals surface area contributed by atoms with Gasteiger partial charge in [-0.15, -0.1) is 11.8 Å². The summed E-state index contributed by atoms with van der Waals surface area (Å²) in [6.45, 7) is 6.48. The van der Waals surface area contributed by atoms with E-state index in [0.29, 0.717) is 18.1 Å². The van der Waals surface area contributed by atoms with Gasteiger partial charge in [-0.3, -0.25) is 4.79 Å². The first-order valence-corrected chi connectivity index (χ1v) is 7.93. The van der Waals surface area contributed by atoms with Crippen molar-refractivity contribution in [2.75, 3.05) is 0 Å². The molecule has 1 aliphatic carbocycles. The van der Waals surface area contributed by atoms with Crippen LogP contribution in [0.5, 0.6) is 0 Å². The summed E-state index contributed by atoms with van der Waals surface area (Å²) in [4.78, 5) is 16.4. The van der Waals surface area contributed by atoms with E-state index in [2.05, 4.69) is 30.9 Å². The van der Waals surface area contributed by atoms with Gasteiger partial charge in [0, 0.05) is 11.2 Å². The van der Waals surface area contributed by atoms with Gasteiger partial charge in [0.05, 0.1) is 11.7 Å². The van der Waals surface area contributed by atoms with Gasteiger partial charge < -0.3 is 4.52 Å². The maximum absolute atomic E-state index is 12.0. The summed E-state index contributed by atoms with van der Waals surface area (Å²) in [6, 6.07) is 0. The Bertz CT molecular complexity index is 437. The van der Waals surface area contributed by atoms with Gasteiger partial charge in [0.2, 0.25) is 5.89 Å². The summed E-state index contributed by atoms with van der Waals surface area (Å²) in [5.41, 5.74) is 0. The van der Waals surface area contributed by atoms with Crippen LogP contribution in [0, 0.1) is 0 Å². The Morgan fingerprint density at radius 3 is 2.84 bits per heavy atom. The second kappa shape index (κ2) is 6.07. The van der Waals surface area contributed by atoms with Crippen molar-refractivity contribution in [3.8, 4) is 0 Å². The number of nitrogens with zero attached hydrogens (tertiary/aromatic N) is 2. The molecule has 1 aromatic heterocycles. The molecule has 0 saturated heterocycles. The Morgan fingerprint density at radius 1 is 1.32 bits per heavy atom. The monoisotopic (exact) mass is 282 g/mol. The van der Waals surface area contributed by atoms with E-state index in [1.165, 1.54) is 0 Å². The molecule has 1 aromatic rings. The summed E-state index contributed by atoms with van der Waals surface area (Å²) >= 11 is 1.78. The van der Waals surface area contributed by atoms with Crippen LogP contribution in [0.2, 0.25) is 0 Å². The molecular formula is C14H22N2O2S. The van der Waals surface area contributed by atoms with Crippen molar-refractivity contribution >= 4 is 17.5 Å². The number of hydrogen-bond acceptors (Lipinski definition) is 5. The summed E-state index contributed by atoms with van der Waals surface area (Å²) in [5, 5.41) is 4.00. The van der Waals surface area contributed by atoms with E-state index in [1.807, 2.05) is 0 Å². The molecule has 0 bridgehead atoms. The maximum Gasteiger partial charge on any atom is 0.237 e. The SMILES string of the molecule is CC(C)(C)SCc1noc(C2CCCCCC2=O)n1. The highest BCUT2D eigenvalue weighted by atomic mass is 32.2. The second-order valence-electron chi connectivity index (χ2n) is 6.07. The average Bonchev–Trinajstić information content (AvgIpc) is 2.69. The highest BCUT2D eigenvalue weighted by Gasteiger charge is 2.27. The van der Waals surface area contributed by atoms with Gasteiger partial charge in [-0.05, 0) is 12.8 Å². The Kier molecular flexibility index (Phi) is 4.66. The molecule has 1 saturated carbocycles. The van der Waals surface area contributed by atoms with Crippen LogP contribution in [0.25, 0.3) is 0 Å². The molecule has 0 radical (unpaired) electrons. The van der Waals surface area contributed by atoms with Gasteiger partial charge in [-0.25, -0.2) is 0 Å². The minimum atomic E-state index is -0.164. The van der Waals surface area contributed by atoms with Crippen LogP contribution in [0.15, 0.2) is 4.52 Å². The minimum absolute atomic E-state index is 0.164. The van der Waals surface area contributed by atoms with E-state index in [4.69, 9.17) is 4.52 Å². The zero-order valence-corrected chi connectivity index (χ0v) is 12.8. The molecule has 0 aliphatic heterocycles. The summed E-state index contributed by atoms with van der Waals surface area (Å²) in [5.74, 6) is 2.05. The van der Waals surface area contributed by atoms with Crippen molar-refractivity contribution in [1.29, 1.82) is 0 Å². The molecular weight excluding hydrogens is 260 g/mol. The van der Waals surface area contributed by atoms with E-state index in [-0.39, 0.29) is 16.4 Å². The lowest BCUT2D eigenvalue weighted by atomic mass is 9.99. The zero-order chi connectivity index (χ0) is 13.9. The Balaban J connectivity index is 2.01. The van der Waals surface area contributed by atoms with Gasteiger partial charge in [-0.1, -0.05) is 38.8 Å². The first kappa shape index (κ1) is 14.6. The molecule has 106 valence electrons. The van der Waals surface area contributed by atoms with Crippen molar-refractivity contribution in [3.63, 3.8) is 0 Å². The van der Waals surface area contributed by atoms with Gasteiger partial charge in [0.25, 0.3) is 0 Å². The predicted octanol–water partition coefficient (Wildman–Crippen LogP) is 3.72. The average molecular weight is 282 g/mol. The third-order valence-electron chi connectivity index (χ3n) is 3.22. The number of hydrogen-bond donors (Lipinski definition) is 0. The molecule has 0 aromatic carbocycles. The molecule has 1 atom stereocenters. The molecule has 0 amide bonds. The van der Waals surface area contributed by atoms with E-state index in [9.17, 15) is 4.79 Å². The van der Waals surface area contributed by atoms with E-state index in [1.54, 1.807) is 11.8 Å². The van der Waals surface area contributed by atoms with Crippen molar-refractivity contribution in [2.45, 2.75) is 69.3 Å². The third kappa shape index (κ3) is 4.34. The van der Waals surface area contributed by atoms with E-state index < -0.39 is 0 Å². The molecule has 1 heterocycles. The fourth-order valence-electron chi connectivity index (χ4n) is 2.17. The van der Waals surface area contributed by atoms with Gasteiger partial charge >= 0.3 is 0 Å². The topological polar surface area (TPSA) is 56.0 Å². The van der Waals surface area contributed by atoms with Gasteiger partial charge in [0.1, 0.15) is 5.78 Å². The second-order valence-corrected chi connectivity index (χ2v) is 7.87. The highest BCUT2D eigenvalue weighted by Crippen LogP contribution is 2.30. The van der Waals surface area contributed by atoms with Crippen LogP contribution in [0.4, 0.5) is 0 Å². The van der Waals surface area contributed by atoms with Crippen molar-refractivity contribution in [3.05, 3.63) is 11.7 Å². The number of rotatable bonds is 3. The van der Waals surface area contributed by atoms with Crippen molar-refractivity contribution < 1.29 is 9.32 Å². The molecule has 19 heavy (non-hydrogen) atoms. The third-order valence-corrected chi connectivity index (χ3v) is 4.49. The lowest BCUT2D eigenvalue weighted by Crippen LogP contribution is -2.11. The van der Waals surface area contributed by atoms with Crippen LogP contribution in [0.1, 0.15) is 70.5 Å². The van der Waals surface area contributed by atoms with E-state index >= 15 is 0 Å². The molecule has 4 nitrogen and oxygen atoms in total. The fourth-order valence-corrected chi connectivity index (χ4v) is 2.85. The summed E-state index contributed by atoms with van der Waals surface area (Å²) in [7, 11) is 0. The van der Waals surface area contributed by atoms with Crippen molar-refractivity contribution in [2.24, 2.45) is 0 Å². The number of aromatic nitrogens is 2. The summed E-state index contributed by atoms with van der Waals surface area (Å²) < 4.78 is 5.48. The molecule has 2 rings (SSSR count). The van der Waals surface area contributed by atoms with E-state index in [0.717, 1.165) is 31.4 Å². The largest absolute Gasteiger partial charge is 0.339 e. The Morgan fingerprint density at radius 2 is 2.11 bits per heavy atom. The smallest absolute Gasteiger partial charge is 0.237 e. The fraction of sp³-hybridized carbons (Fsp3) is 0.786. The molecule has 5 heteroatoms. The standard InChI is InChI=1S/C14H22N2O2S/c1-14(2,3)19-9-12-15-13(18-16-12)10-7-5-4-6-8-11(10)17/h10H,4-9H2,1-3H3. The van der Waals surface area contributed by atoms with Gasteiger partial charge in [-0.2, -0.15) is 4.98 Å². The maximum atomic E-state index is 12.0. The number of thioether (sulfide) groups is 1. The molecule has 1 aliphatic rings. The normalized spacial score (nSPS) is 21.4. The lowest BCUT2D eigenvalue weighted by molar-refractivity contribution is -0.120. The quantitative estimate of drug-likeness (QED) is 0.791. The zero-order valence-electron chi connectivity index (χ0n) is 11.9. The van der Waals surface area contributed by atoms with Crippen molar-refractivity contribution in [1.82, 2.24) is 10.1 Å². The lowest BCUT2D eigenvalue weighted by Gasteiger charge is -2.15. The van der Waals surface area contributed by atoms with Crippen LogP contribution in [-0.4, -0.2) is 20.7 Å². The number of Topliss-reactive ketones (excluding diaryl/α,β-unsaturated/α-hetero) is 1. The predicted molar refractivity (Wildman–Crippen MR) is 76.2 cm³/mol. The molecule has 1 fully saturated rings. The van der Waals surface area contributed by atoms with Crippen LogP contribution in [-0.2, 0) is 10.5 Å². The Hall–Kier alpha value is -0.840. The molecule has 1 unspecified atom stereocenters. The number of carbonyl (C=O) groups excluding carboxylic acids is 1. The number of ketones is 1. The van der Waals surface area contributed by atoms with Crippen LogP contribution in [0.3, 0.4) is 0 Å². The highest BCUT2D eigenvalue weighted by molar-refractivity contribution is 7.99. The molecule has 0 N–H and O–H groups in total. The van der Waals surface area contributed by atoms with Crippen LogP contribution >= 0.6 is 11.8 Å². The Labute approximate surface area is 118 Å². The number of carbonyl (C=O) groups is 1. The summed E-state index contributed by atoms with van der Waals surface area (Å²) in [6.07, 6.45) is 4.70. The first-order valence-electron chi connectivity index (χ1n) is 6.95. The van der Waals surface area contributed by atoms with Crippen LogP contribution < -0.4 is 0 Å². The molecule has 0 spiro atoms. The first-order chi connectivity index (χ1) is 8.96. The minimum Gasteiger partial charge on any atom is -0.339 e.